The van der Waals surface area contributed by atoms with Crippen molar-refractivity contribution in [3.63, 3.8) is 0 Å². The molecule has 2 heterocycles. The number of aromatic nitrogens is 1. The summed E-state index contributed by atoms with van der Waals surface area (Å²) in [7, 11) is 1.15. The summed E-state index contributed by atoms with van der Waals surface area (Å²) < 4.78 is 19.5. The zero-order chi connectivity index (χ0) is 14.9. The average molecular weight is 318 g/mol. The van der Waals surface area contributed by atoms with E-state index in [1.54, 1.807) is 0 Å². The van der Waals surface area contributed by atoms with Crippen molar-refractivity contribution in [3.8, 4) is 0 Å². The molecular formula is C12H10Cl2FN3O2. The van der Waals surface area contributed by atoms with Gasteiger partial charge >= 0.3 is 5.97 Å². The summed E-state index contributed by atoms with van der Waals surface area (Å²) in [6.45, 7) is 0. The molecule has 0 saturated heterocycles. The Morgan fingerprint density at radius 3 is 2.75 bits per heavy atom. The number of alkyl halides is 1. The maximum Gasteiger partial charge on any atom is 0.355 e. The van der Waals surface area contributed by atoms with Crippen LogP contribution in [0.1, 0.15) is 5.56 Å². The van der Waals surface area contributed by atoms with E-state index in [0.29, 0.717) is 0 Å². The Hall–Kier alpha value is -1.79. The van der Waals surface area contributed by atoms with Crippen LogP contribution in [-0.2, 0) is 15.3 Å². The van der Waals surface area contributed by atoms with E-state index < -0.39 is 11.8 Å². The number of nitrogens with one attached hydrogen (secondary N) is 1. The molecule has 106 valence electrons. The van der Waals surface area contributed by atoms with Crippen LogP contribution < -0.4 is 11.1 Å². The van der Waals surface area contributed by atoms with Gasteiger partial charge in [-0.15, -0.1) is 0 Å². The van der Waals surface area contributed by atoms with Gasteiger partial charge in [0.1, 0.15) is 10.9 Å². The maximum absolute atomic E-state index is 15.0. The zero-order valence-electron chi connectivity index (χ0n) is 10.3. The van der Waals surface area contributed by atoms with Crippen LogP contribution in [0.5, 0.6) is 0 Å². The van der Waals surface area contributed by atoms with Gasteiger partial charge in [-0.3, -0.25) is 0 Å². The number of halogens is 3. The summed E-state index contributed by atoms with van der Waals surface area (Å²) in [5.74, 6) is -3.06. The fourth-order valence-corrected chi connectivity index (χ4v) is 1.97. The Bertz CT molecular complexity index is 616. The van der Waals surface area contributed by atoms with E-state index in [9.17, 15) is 9.18 Å². The number of rotatable bonds is 2. The van der Waals surface area contributed by atoms with Crippen LogP contribution in [-0.4, -0.2) is 18.1 Å². The third-order valence-corrected chi connectivity index (χ3v) is 3.30. The topological polar surface area (TPSA) is 77.2 Å². The van der Waals surface area contributed by atoms with Crippen molar-refractivity contribution in [3.05, 3.63) is 51.5 Å². The van der Waals surface area contributed by atoms with Crippen molar-refractivity contribution in [1.82, 2.24) is 10.3 Å². The molecule has 0 spiro atoms. The van der Waals surface area contributed by atoms with Crippen molar-refractivity contribution in [2.75, 3.05) is 7.11 Å². The third kappa shape index (κ3) is 2.57. The molecule has 1 aliphatic rings. The summed E-state index contributed by atoms with van der Waals surface area (Å²) >= 11 is 11.5. The Morgan fingerprint density at radius 1 is 1.50 bits per heavy atom. The van der Waals surface area contributed by atoms with E-state index >= 15 is 0 Å². The van der Waals surface area contributed by atoms with E-state index in [2.05, 4.69) is 15.0 Å². The maximum atomic E-state index is 15.0. The fraction of sp³-hybridized carbons (Fsp3) is 0.167. The molecule has 2 rings (SSSR count). The molecule has 1 aromatic rings. The lowest BCUT2D eigenvalue weighted by molar-refractivity contribution is -0.137. The number of dihydropyridines is 1. The number of hydrogen-bond acceptors (Lipinski definition) is 5. The molecule has 3 N–H and O–H groups in total. The van der Waals surface area contributed by atoms with Gasteiger partial charge < -0.3 is 15.8 Å². The second-order valence-corrected chi connectivity index (χ2v) is 4.75. The van der Waals surface area contributed by atoms with E-state index in [1.165, 1.54) is 18.3 Å². The molecule has 1 atom stereocenters. The number of esters is 1. The zero-order valence-corrected chi connectivity index (χ0v) is 11.8. The van der Waals surface area contributed by atoms with Crippen LogP contribution in [0.25, 0.3) is 0 Å². The van der Waals surface area contributed by atoms with Crippen LogP contribution in [0.4, 0.5) is 4.39 Å². The third-order valence-electron chi connectivity index (χ3n) is 2.67. The summed E-state index contributed by atoms with van der Waals surface area (Å²) in [6.07, 6.45) is 2.28. The van der Waals surface area contributed by atoms with Gasteiger partial charge in [-0.2, -0.15) is 0 Å². The number of nitrogens with zero attached hydrogens (tertiary/aromatic N) is 1. The smallest absolute Gasteiger partial charge is 0.355 e. The van der Waals surface area contributed by atoms with Gasteiger partial charge in [0.25, 0.3) is 0 Å². The number of allylic oxidation sites excluding steroid dienone is 1. The number of hydrogen-bond donors (Lipinski definition) is 2. The van der Waals surface area contributed by atoms with Gasteiger partial charge in [-0.25, -0.2) is 14.2 Å². The summed E-state index contributed by atoms with van der Waals surface area (Å²) in [5, 5.41) is 2.47. The molecule has 1 aromatic heterocycles. The van der Waals surface area contributed by atoms with E-state index in [-0.39, 0.29) is 27.1 Å². The van der Waals surface area contributed by atoms with Crippen molar-refractivity contribution >= 4 is 29.2 Å². The lowest BCUT2D eigenvalue weighted by atomic mass is 10.0. The van der Waals surface area contributed by atoms with Gasteiger partial charge in [0, 0.05) is 17.8 Å². The highest BCUT2D eigenvalue weighted by Gasteiger charge is 2.38. The molecule has 1 aliphatic heterocycles. The predicted molar refractivity (Wildman–Crippen MR) is 72.3 cm³/mol. The second-order valence-electron chi connectivity index (χ2n) is 3.99. The highest BCUT2D eigenvalue weighted by Crippen LogP contribution is 2.34. The fourth-order valence-electron chi connectivity index (χ4n) is 1.68. The second kappa shape index (κ2) is 5.30. The minimum absolute atomic E-state index is 0.0803. The number of carbonyl (C=O) groups is 1. The van der Waals surface area contributed by atoms with Crippen molar-refractivity contribution < 1.29 is 13.9 Å². The van der Waals surface area contributed by atoms with Gasteiger partial charge in [0.05, 0.1) is 17.8 Å². The normalized spacial score (nSPS) is 22.1. The van der Waals surface area contributed by atoms with E-state index in [4.69, 9.17) is 28.9 Å². The van der Waals surface area contributed by atoms with E-state index in [0.717, 1.165) is 13.2 Å². The molecule has 20 heavy (non-hydrogen) atoms. The first-order chi connectivity index (χ1) is 9.37. The van der Waals surface area contributed by atoms with E-state index in [1.807, 2.05) is 0 Å². The lowest BCUT2D eigenvalue weighted by Crippen LogP contribution is -2.42. The molecule has 0 aromatic carbocycles. The molecule has 0 amide bonds. The molecule has 5 nitrogen and oxygen atoms in total. The quantitative estimate of drug-likeness (QED) is 0.495. The Kier molecular flexibility index (Phi) is 3.87. The number of pyridine rings is 1. The molecular weight excluding hydrogens is 308 g/mol. The monoisotopic (exact) mass is 317 g/mol. The molecule has 0 radical (unpaired) electrons. The average Bonchev–Trinajstić information content (AvgIpc) is 2.42. The number of methoxy groups -OCH3 is 1. The standard InChI is InChI=1S/C12H10Cl2FN3O2/c1-20-11(19)10-9(14)7(16)4-12(15,18-10)6-2-3-8(13)17-5-6/h2-5,18H,16H2,1H3. The molecule has 0 bridgehead atoms. The van der Waals surface area contributed by atoms with Crippen LogP contribution in [0.3, 0.4) is 0 Å². The predicted octanol–water partition coefficient (Wildman–Crippen LogP) is 1.93. The number of carbonyl (C=O) groups excluding carboxylic acids is 1. The van der Waals surface area contributed by atoms with Crippen molar-refractivity contribution in [1.29, 1.82) is 0 Å². The van der Waals surface area contributed by atoms with Crippen LogP contribution >= 0.6 is 23.2 Å². The first-order valence-electron chi connectivity index (χ1n) is 5.43. The van der Waals surface area contributed by atoms with Crippen molar-refractivity contribution in [2.24, 2.45) is 5.73 Å². The van der Waals surface area contributed by atoms with Crippen LogP contribution in [0, 0.1) is 0 Å². The van der Waals surface area contributed by atoms with Gasteiger partial charge in [-0.1, -0.05) is 23.2 Å². The highest BCUT2D eigenvalue weighted by molar-refractivity contribution is 6.34. The van der Waals surface area contributed by atoms with Gasteiger partial charge in [0.2, 0.25) is 5.79 Å². The lowest BCUT2D eigenvalue weighted by Gasteiger charge is -2.30. The Balaban J connectivity index is 2.46. The largest absolute Gasteiger partial charge is 0.464 e. The van der Waals surface area contributed by atoms with Crippen LogP contribution in [0.2, 0.25) is 5.15 Å². The molecule has 1 unspecified atom stereocenters. The summed E-state index contributed by atoms with van der Waals surface area (Å²) in [4.78, 5) is 15.4. The Labute approximate surface area is 124 Å². The summed E-state index contributed by atoms with van der Waals surface area (Å²) in [5.41, 5.74) is 5.42. The SMILES string of the molecule is COC(=O)C1=C(Cl)C(N)=CC(F)(c2ccc(Cl)nc2)N1. The minimum Gasteiger partial charge on any atom is -0.464 e. The summed E-state index contributed by atoms with van der Waals surface area (Å²) in [6, 6.07) is 2.84. The van der Waals surface area contributed by atoms with Gasteiger partial charge in [-0.05, 0) is 12.1 Å². The van der Waals surface area contributed by atoms with Crippen LogP contribution in [0.15, 0.2) is 40.8 Å². The first kappa shape index (κ1) is 14.6. The molecule has 8 heteroatoms. The minimum atomic E-state index is -2.23. The molecule has 0 aliphatic carbocycles. The number of nitrogens with two attached hydrogens (primary N) is 1. The highest BCUT2D eigenvalue weighted by atomic mass is 35.5. The molecule has 0 saturated carbocycles. The first-order valence-corrected chi connectivity index (χ1v) is 6.19. The van der Waals surface area contributed by atoms with Crippen molar-refractivity contribution in [2.45, 2.75) is 5.79 Å². The Morgan fingerprint density at radius 2 is 2.20 bits per heavy atom. The van der Waals surface area contributed by atoms with Gasteiger partial charge in [0.15, 0.2) is 0 Å². The molecule has 0 fully saturated rings. The number of ether oxygens (including phenoxy) is 1.